The van der Waals surface area contributed by atoms with Crippen LogP contribution in [0.2, 0.25) is 0 Å². The van der Waals surface area contributed by atoms with E-state index < -0.39 is 36.1 Å². The van der Waals surface area contributed by atoms with Crippen LogP contribution in [-0.2, 0) is 38.1 Å². The van der Waals surface area contributed by atoms with Crippen LogP contribution in [0.5, 0.6) is 11.5 Å². The molecule has 0 radical (unpaired) electrons. The average molecular weight is 763 g/mol. The molecule has 12 heteroatoms. The number of benzene rings is 4. The van der Waals surface area contributed by atoms with Crippen LogP contribution in [0, 0.1) is 0 Å². The summed E-state index contributed by atoms with van der Waals surface area (Å²) in [6.07, 6.45) is 0.299. The Morgan fingerprint density at radius 2 is 0.804 bits per heavy atom. The number of esters is 4. The van der Waals surface area contributed by atoms with E-state index in [2.05, 4.69) is 13.2 Å². The molecular weight excluding hydrogens is 720 g/mol. The minimum Gasteiger partial charge on any atom is -0.487 e. The molecule has 0 aliphatic heterocycles. The van der Waals surface area contributed by atoms with Crippen molar-refractivity contribution in [2.75, 3.05) is 26.4 Å². The van der Waals surface area contributed by atoms with Crippen LogP contribution < -0.4 is 9.47 Å². The van der Waals surface area contributed by atoms with Crippen LogP contribution in [0.1, 0.15) is 57.5 Å². The van der Waals surface area contributed by atoms with Gasteiger partial charge in [0.05, 0.1) is 26.1 Å². The fourth-order valence-electron chi connectivity index (χ4n) is 5.04. The monoisotopic (exact) mass is 762 g/mol. The Morgan fingerprint density at radius 1 is 0.464 bits per heavy atom. The van der Waals surface area contributed by atoms with Gasteiger partial charge in [0.2, 0.25) is 0 Å². The lowest BCUT2D eigenvalue weighted by Gasteiger charge is -2.20. The zero-order valence-electron chi connectivity index (χ0n) is 30.7. The van der Waals surface area contributed by atoms with Gasteiger partial charge in [-0.05, 0) is 48.5 Å². The molecule has 0 N–H and O–H groups in total. The Kier molecular flexibility index (Phi) is 16.8. The topological polar surface area (TPSA) is 158 Å². The van der Waals surface area contributed by atoms with Gasteiger partial charge in [0, 0.05) is 47.2 Å². The highest BCUT2D eigenvalue weighted by Crippen LogP contribution is 2.20. The molecule has 2 unspecified atom stereocenters. The number of hydrogen-bond acceptors (Lipinski definition) is 12. The van der Waals surface area contributed by atoms with E-state index in [9.17, 15) is 28.8 Å². The third kappa shape index (κ3) is 14.2. The van der Waals surface area contributed by atoms with Crippen molar-refractivity contribution in [2.45, 2.75) is 37.9 Å². The third-order valence-corrected chi connectivity index (χ3v) is 8.01. The van der Waals surface area contributed by atoms with Crippen LogP contribution in [0.3, 0.4) is 0 Å². The second kappa shape index (κ2) is 22.4. The van der Waals surface area contributed by atoms with Gasteiger partial charge in [0.25, 0.3) is 0 Å². The van der Waals surface area contributed by atoms with E-state index in [0.29, 0.717) is 33.8 Å². The maximum atomic E-state index is 12.8. The zero-order chi connectivity index (χ0) is 40.1. The van der Waals surface area contributed by atoms with Gasteiger partial charge in [0.15, 0.2) is 11.6 Å². The van der Waals surface area contributed by atoms with Crippen molar-refractivity contribution in [1.82, 2.24) is 0 Å². The first-order valence-electron chi connectivity index (χ1n) is 17.8. The number of hydrogen-bond donors (Lipinski definition) is 0. The Morgan fingerprint density at radius 3 is 1.14 bits per heavy atom. The first kappa shape index (κ1) is 41.9. The summed E-state index contributed by atoms with van der Waals surface area (Å²) in [4.78, 5) is 73.9. The molecule has 4 aromatic rings. The molecule has 56 heavy (non-hydrogen) atoms. The molecule has 0 bridgehead atoms. The summed E-state index contributed by atoms with van der Waals surface area (Å²) in [6.45, 7) is 6.20. The number of carbonyl (C=O) groups is 6. The summed E-state index contributed by atoms with van der Waals surface area (Å²) in [5.41, 5.74) is 1.99. The standard InChI is InChI=1S/C44H42O12/c1-3-39(45)51-27-25-37(55-35-19-15-33(16-20-35)43(49)31-11-7-5-8-12-31)29-53-41(47)23-24-42(48)54-30-38(26-28-52-40(46)4-2)56-36-21-17-34(18-22-36)44(50)32-13-9-6-10-14-32/h3-22,37-38H,1-2,23-30H2. The van der Waals surface area contributed by atoms with Crippen molar-refractivity contribution in [3.63, 3.8) is 0 Å². The normalized spacial score (nSPS) is 11.5. The van der Waals surface area contributed by atoms with E-state index in [1.165, 1.54) is 0 Å². The summed E-state index contributed by atoms with van der Waals surface area (Å²) in [5, 5.41) is 0. The Balaban J connectivity index is 1.27. The average Bonchev–Trinajstić information content (AvgIpc) is 3.24. The fraction of sp³-hybridized carbons (Fsp3) is 0.227. The maximum absolute atomic E-state index is 12.8. The van der Waals surface area contributed by atoms with Crippen molar-refractivity contribution < 1.29 is 57.2 Å². The number of ether oxygens (including phenoxy) is 6. The Hall–Kier alpha value is -6.82. The highest BCUT2D eigenvalue weighted by atomic mass is 16.6. The molecule has 12 nitrogen and oxygen atoms in total. The molecule has 0 heterocycles. The van der Waals surface area contributed by atoms with Gasteiger partial charge in [-0.15, -0.1) is 0 Å². The lowest BCUT2D eigenvalue weighted by Crippen LogP contribution is -2.28. The van der Waals surface area contributed by atoms with Gasteiger partial charge in [0.1, 0.15) is 36.9 Å². The van der Waals surface area contributed by atoms with Crippen molar-refractivity contribution in [1.29, 1.82) is 0 Å². The molecule has 0 amide bonds. The third-order valence-electron chi connectivity index (χ3n) is 8.01. The van der Waals surface area contributed by atoms with Crippen LogP contribution in [0.4, 0.5) is 0 Å². The number of rotatable bonds is 23. The second-order valence-electron chi connectivity index (χ2n) is 12.1. The van der Waals surface area contributed by atoms with Gasteiger partial charge < -0.3 is 28.4 Å². The Bertz CT molecular complexity index is 1790. The molecule has 0 spiro atoms. The minimum atomic E-state index is -0.738. The molecular formula is C44H42O12. The first-order valence-corrected chi connectivity index (χ1v) is 17.8. The van der Waals surface area contributed by atoms with Gasteiger partial charge in [-0.1, -0.05) is 73.8 Å². The van der Waals surface area contributed by atoms with Crippen molar-refractivity contribution in [2.24, 2.45) is 0 Å². The number of carbonyl (C=O) groups excluding carboxylic acids is 6. The fourth-order valence-corrected chi connectivity index (χ4v) is 5.04. The maximum Gasteiger partial charge on any atom is 0.330 e. The molecule has 0 saturated carbocycles. The van der Waals surface area contributed by atoms with Crippen LogP contribution in [0.25, 0.3) is 0 Å². The summed E-state index contributed by atoms with van der Waals surface area (Å²) in [7, 11) is 0. The molecule has 4 aromatic carbocycles. The van der Waals surface area contributed by atoms with Gasteiger partial charge >= 0.3 is 23.9 Å². The lowest BCUT2D eigenvalue weighted by atomic mass is 10.0. The van der Waals surface area contributed by atoms with Crippen molar-refractivity contribution >= 4 is 35.4 Å². The molecule has 0 saturated heterocycles. The molecule has 290 valence electrons. The second-order valence-corrected chi connectivity index (χ2v) is 12.1. The van der Waals surface area contributed by atoms with Crippen molar-refractivity contribution in [3.8, 4) is 11.5 Å². The van der Waals surface area contributed by atoms with Gasteiger partial charge in [-0.2, -0.15) is 0 Å². The summed E-state index contributed by atoms with van der Waals surface area (Å²) < 4.78 is 32.9. The predicted molar refractivity (Wildman–Crippen MR) is 204 cm³/mol. The SMILES string of the molecule is C=CC(=O)OCCC(COC(=O)CCC(=O)OCC(CCOC(=O)C=C)Oc1ccc(C(=O)c2ccccc2)cc1)Oc1ccc(C(=O)c2ccccc2)cc1. The van der Waals surface area contributed by atoms with E-state index in [1.807, 2.05) is 12.1 Å². The highest BCUT2D eigenvalue weighted by Gasteiger charge is 2.20. The van der Waals surface area contributed by atoms with Gasteiger partial charge in [-0.3, -0.25) is 19.2 Å². The summed E-state index contributed by atoms with van der Waals surface area (Å²) >= 11 is 0. The smallest absolute Gasteiger partial charge is 0.330 e. The molecule has 0 aliphatic rings. The Labute approximate surface area is 324 Å². The highest BCUT2D eigenvalue weighted by molar-refractivity contribution is 6.09. The lowest BCUT2D eigenvalue weighted by molar-refractivity contribution is -0.153. The van der Waals surface area contributed by atoms with E-state index in [4.69, 9.17) is 28.4 Å². The molecule has 0 fully saturated rings. The van der Waals surface area contributed by atoms with E-state index in [1.54, 1.807) is 97.1 Å². The molecule has 0 aliphatic carbocycles. The largest absolute Gasteiger partial charge is 0.487 e. The predicted octanol–water partition coefficient (Wildman–Crippen LogP) is 6.45. The van der Waals surface area contributed by atoms with Gasteiger partial charge in [-0.25, -0.2) is 9.59 Å². The van der Waals surface area contributed by atoms with E-state index >= 15 is 0 Å². The summed E-state index contributed by atoms with van der Waals surface area (Å²) in [5.74, 6) is -2.17. The van der Waals surface area contributed by atoms with E-state index in [-0.39, 0.29) is 63.7 Å². The van der Waals surface area contributed by atoms with E-state index in [0.717, 1.165) is 12.2 Å². The van der Waals surface area contributed by atoms with Crippen LogP contribution in [0.15, 0.2) is 135 Å². The first-order chi connectivity index (χ1) is 27.1. The molecule has 4 rings (SSSR count). The van der Waals surface area contributed by atoms with Crippen molar-refractivity contribution in [3.05, 3.63) is 157 Å². The summed E-state index contributed by atoms with van der Waals surface area (Å²) in [6, 6.07) is 30.5. The molecule has 2 atom stereocenters. The minimum absolute atomic E-state index is 0.0457. The molecule has 0 aromatic heterocycles. The quantitative estimate of drug-likeness (QED) is 0.0353. The van der Waals surface area contributed by atoms with Crippen LogP contribution >= 0.6 is 0 Å². The zero-order valence-corrected chi connectivity index (χ0v) is 30.7. The van der Waals surface area contributed by atoms with Crippen LogP contribution in [-0.4, -0.2) is 74.1 Å². The number of ketones is 2.